The summed E-state index contributed by atoms with van der Waals surface area (Å²) in [5, 5.41) is 7.30. The van der Waals surface area contributed by atoms with Gasteiger partial charge < -0.3 is 0 Å². The maximum Gasteiger partial charge on any atom is 0.0794 e. The molecule has 0 unspecified atom stereocenters. The van der Waals surface area contributed by atoms with E-state index in [4.69, 9.17) is 4.98 Å². The first-order valence-electron chi connectivity index (χ1n) is 11.6. The number of pyridine rings is 1. The Labute approximate surface area is 197 Å². The summed E-state index contributed by atoms with van der Waals surface area (Å²) in [6, 6.07) is 45.6. The maximum absolute atomic E-state index is 5.11. The summed E-state index contributed by atoms with van der Waals surface area (Å²) < 4.78 is 0. The first-order valence-corrected chi connectivity index (χ1v) is 11.6. The van der Waals surface area contributed by atoms with Crippen molar-refractivity contribution in [2.24, 2.45) is 0 Å². The van der Waals surface area contributed by atoms with Crippen LogP contribution in [0.15, 0.2) is 127 Å². The van der Waals surface area contributed by atoms with E-state index in [9.17, 15) is 0 Å². The lowest BCUT2D eigenvalue weighted by atomic mass is 9.92. The molecule has 0 atom stereocenters. The van der Waals surface area contributed by atoms with Gasteiger partial charge >= 0.3 is 0 Å². The van der Waals surface area contributed by atoms with Gasteiger partial charge in [0.05, 0.1) is 11.0 Å². The summed E-state index contributed by atoms with van der Waals surface area (Å²) in [5.74, 6) is 0. The zero-order valence-corrected chi connectivity index (χ0v) is 18.6. The van der Waals surface area contributed by atoms with Crippen LogP contribution in [0.4, 0.5) is 0 Å². The van der Waals surface area contributed by atoms with Crippen molar-refractivity contribution < 1.29 is 0 Å². The molecule has 6 aromatic carbocycles. The molecule has 0 amide bonds. The van der Waals surface area contributed by atoms with E-state index in [2.05, 4.69) is 127 Å². The lowest BCUT2D eigenvalue weighted by Gasteiger charge is -2.14. The highest BCUT2D eigenvalue weighted by Gasteiger charge is 2.14. The summed E-state index contributed by atoms with van der Waals surface area (Å²) in [7, 11) is 0. The maximum atomic E-state index is 5.11. The summed E-state index contributed by atoms with van der Waals surface area (Å²) in [4.78, 5) is 5.11. The summed E-state index contributed by atoms with van der Waals surface area (Å²) in [5.41, 5.74) is 6.99. The number of nitrogens with zero attached hydrogens (tertiary/aromatic N) is 1. The van der Waals surface area contributed by atoms with Crippen LogP contribution in [-0.4, -0.2) is 4.98 Å². The second-order valence-electron chi connectivity index (χ2n) is 8.83. The van der Waals surface area contributed by atoms with Gasteiger partial charge in [0.2, 0.25) is 0 Å². The van der Waals surface area contributed by atoms with Crippen molar-refractivity contribution in [2.45, 2.75) is 0 Å². The van der Waals surface area contributed by atoms with E-state index < -0.39 is 0 Å². The Hall–Kier alpha value is -4.49. The molecule has 1 heterocycles. The van der Waals surface area contributed by atoms with Gasteiger partial charge in [0.25, 0.3) is 0 Å². The SMILES string of the molecule is c1cc(-c2ccc3ccccc3c2)cc(-c2c3ccccc3nc3c2ccc2ccccc23)c1. The van der Waals surface area contributed by atoms with Crippen molar-refractivity contribution in [1.29, 1.82) is 0 Å². The second kappa shape index (κ2) is 7.54. The number of hydrogen-bond acceptors (Lipinski definition) is 1. The standard InChI is InChI=1S/C33H21N/c1-2-10-24-20-26(17-16-22(24)8-1)25-11-7-12-27(21-25)32-29-14-5-6-15-31(29)34-33-28-13-4-3-9-23(28)18-19-30(32)33/h1-21H. The number of fused-ring (bicyclic) bond motifs is 5. The molecular formula is C33H21N. The van der Waals surface area contributed by atoms with Crippen molar-refractivity contribution in [3.05, 3.63) is 127 Å². The van der Waals surface area contributed by atoms with E-state index in [1.807, 2.05) is 0 Å². The zero-order chi connectivity index (χ0) is 22.5. The second-order valence-corrected chi connectivity index (χ2v) is 8.83. The molecule has 0 radical (unpaired) electrons. The Bertz CT molecular complexity index is 1860. The molecule has 158 valence electrons. The number of aromatic nitrogens is 1. The minimum Gasteiger partial charge on any atom is -0.247 e. The summed E-state index contributed by atoms with van der Waals surface area (Å²) in [6.45, 7) is 0. The van der Waals surface area contributed by atoms with Crippen molar-refractivity contribution in [3.63, 3.8) is 0 Å². The number of benzene rings is 6. The van der Waals surface area contributed by atoms with Crippen LogP contribution in [0.2, 0.25) is 0 Å². The van der Waals surface area contributed by atoms with Crippen LogP contribution in [0, 0.1) is 0 Å². The molecule has 0 N–H and O–H groups in total. The minimum atomic E-state index is 1.03. The van der Waals surface area contributed by atoms with Gasteiger partial charge in [0.1, 0.15) is 0 Å². The molecule has 0 bridgehead atoms. The number of para-hydroxylation sites is 1. The Kier molecular flexibility index (Phi) is 4.22. The summed E-state index contributed by atoms with van der Waals surface area (Å²) >= 11 is 0. The highest BCUT2D eigenvalue weighted by atomic mass is 14.7. The lowest BCUT2D eigenvalue weighted by molar-refractivity contribution is 1.51. The molecule has 0 saturated heterocycles. The molecule has 0 saturated carbocycles. The Morgan fingerprint density at radius 2 is 1.06 bits per heavy atom. The van der Waals surface area contributed by atoms with E-state index in [-0.39, 0.29) is 0 Å². The Morgan fingerprint density at radius 1 is 0.382 bits per heavy atom. The van der Waals surface area contributed by atoms with E-state index in [0.29, 0.717) is 0 Å². The minimum absolute atomic E-state index is 1.03. The molecule has 0 aliphatic heterocycles. The lowest BCUT2D eigenvalue weighted by Crippen LogP contribution is -1.91. The molecular weight excluding hydrogens is 410 g/mol. The topological polar surface area (TPSA) is 12.9 Å². The largest absolute Gasteiger partial charge is 0.247 e. The third kappa shape index (κ3) is 2.98. The highest BCUT2D eigenvalue weighted by molar-refractivity contribution is 6.17. The Morgan fingerprint density at radius 3 is 1.97 bits per heavy atom. The normalized spacial score (nSPS) is 11.5. The first-order chi connectivity index (χ1) is 16.8. The summed E-state index contributed by atoms with van der Waals surface area (Å²) in [6.07, 6.45) is 0. The highest BCUT2D eigenvalue weighted by Crippen LogP contribution is 2.39. The van der Waals surface area contributed by atoms with Crippen LogP contribution in [0.3, 0.4) is 0 Å². The smallest absolute Gasteiger partial charge is 0.0794 e. The van der Waals surface area contributed by atoms with Crippen LogP contribution in [0.5, 0.6) is 0 Å². The van der Waals surface area contributed by atoms with Gasteiger partial charge in [-0.05, 0) is 51.0 Å². The fourth-order valence-electron chi connectivity index (χ4n) is 5.16. The molecule has 0 aliphatic carbocycles. The van der Waals surface area contributed by atoms with Crippen LogP contribution in [0.25, 0.3) is 65.6 Å². The molecule has 1 heteroatoms. The van der Waals surface area contributed by atoms with Gasteiger partial charge in [-0.3, -0.25) is 0 Å². The zero-order valence-electron chi connectivity index (χ0n) is 18.6. The Balaban J connectivity index is 1.52. The van der Waals surface area contributed by atoms with Gasteiger partial charge in [0.15, 0.2) is 0 Å². The van der Waals surface area contributed by atoms with E-state index in [1.54, 1.807) is 0 Å². The predicted molar refractivity (Wildman–Crippen MR) is 145 cm³/mol. The molecule has 1 aromatic heterocycles. The quantitative estimate of drug-likeness (QED) is 0.196. The molecule has 34 heavy (non-hydrogen) atoms. The predicted octanol–water partition coefficient (Wildman–Crippen LogP) is 9.03. The van der Waals surface area contributed by atoms with Crippen molar-refractivity contribution in [3.8, 4) is 22.3 Å². The molecule has 0 fully saturated rings. The molecule has 7 rings (SSSR count). The van der Waals surface area contributed by atoms with Gasteiger partial charge in [-0.1, -0.05) is 109 Å². The first kappa shape index (κ1) is 19.0. The van der Waals surface area contributed by atoms with Crippen molar-refractivity contribution in [1.82, 2.24) is 4.98 Å². The molecule has 7 aromatic rings. The average Bonchev–Trinajstić information content (AvgIpc) is 2.91. The van der Waals surface area contributed by atoms with Crippen molar-refractivity contribution >= 4 is 43.4 Å². The molecule has 0 spiro atoms. The van der Waals surface area contributed by atoms with Gasteiger partial charge in [-0.15, -0.1) is 0 Å². The average molecular weight is 432 g/mol. The van der Waals surface area contributed by atoms with Crippen LogP contribution < -0.4 is 0 Å². The van der Waals surface area contributed by atoms with E-state index >= 15 is 0 Å². The third-order valence-corrected chi connectivity index (χ3v) is 6.81. The van der Waals surface area contributed by atoms with E-state index in [1.165, 1.54) is 54.6 Å². The monoisotopic (exact) mass is 431 g/mol. The number of rotatable bonds is 2. The van der Waals surface area contributed by atoms with Crippen LogP contribution in [-0.2, 0) is 0 Å². The van der Waals surface area contributed by atoms with Gasteiger partial charge in [-0.25, -0.2) is 4.98 Å². The van der Waals surface area contributed by atoms with Gasteiger partial charge in [-0.2, -0.15) is 0 Å². The third-order valence-electron chi connectivity index (χ3n) is 6.81. The van der Waals surface area contributed by atoms with Gasteiger partial charge in [0, 0.05) is 21.7 Å². The molecule has 1 nitrogen and oxygen atoms in total. The fourth-order valence-corrected chi connectivity index (χ4v) is 5.16. The van der Waals surface area contributed by atoms with Crippen LogP contribution in [0.1, 0.15) is 0 Å². The van der Waals surface area contributed by atoms with Crippen LogP contribution >= 0.6 is 0 Å². The number of hydrogen-bond donors (Lipinski definition) is 0. The molecule has 0 aliphatic rings. The van der Waals surface area contributed by atoms with Crippen molar-refractivity contribution in [2.75, 3.05) is 0 Å². The fraction of sp³-hybridized carbons (Fsp3) is 0. The van der Waals surface area contributed by atoms with E-state index in [0.717, 1.165) is 11.0 Å².